The van der Waals surface area contributed by atoms with E-state index in [9.17, 15) is 9.59 Å². The van der Waals surface area contributed by atoms with Crippen molar-refractivity contribution in [1.29, 1.82) is 0 Å². The number of hydrogen-bond donors (Lipinski definition) is 2. The molecule has 4 nitrogen and oxygen atoms in total. The summed E-state index contributed by atoms with van der Waals surface area (Å²) in [6.07, 6.45) is 3.68. The first-order chi connectivity index (χ1) is 10.1. The summed E-state index contributed by atoms with van der Waals surface area (Å²) in [6.45, 7) is 0. The van der Waals surface area contributed by atoms with Gasteiger partial charge in [-0.3, -0.25) is 9.59 Å². The second-order valence-electron chi connectivity index (χ2n) is 5.36. The molecule has 0 saturated heterocycles. The maximum Gasteiger partial charge on any atom is 0.305 e. The van der Waals surface area contributed by atoms with Crippen molar-refractivity contribution in [3.05, 3.63) is 35.9 Å². The van der Waals surface area contributed by atoms with Crippen LogP contribution >= 0.6 is 0 Å². The van der Waals surface area contributed by atoms with E-state index in [4.69, 9.17) is 5.11 Å². The molecule has 1 fully saturated rings. The number of carbonyl (C=O) groups is 2. The second-order valence-corrected chi connectivity index (χ2v) is 5.36. The monoisotopic (exact) mass is 285 g/mol. The van der Waals surface area contributed by atoms with Crippen LogP contribution in [0, 0.1) is 17.8 Å². The van der Waals surface area contributed by atoms with E-state index in [0.29, 0.717) is 12.3 Å². The lowest BCUT2D eigenvalue weighted by Crippen LogP contribution is -2.37. The zero-order valence-electron chi connectivity index (χ0n) is 11.8. The highest BCUT2D eigenvalue weighted by molar-refractivity contribution is 5.94. The Morgan fingerprint density at radius 1 is 1.29 bits per heavy atom. The number of aliphatic carboxylic acids is 1. The molecule has 2 rings (SSSR count). The van der Waals surface area contributed by atoms with Crippen LogP contribution in [0.25, 0.3) is 0 Å². The van der Waals surface area contributed by atoms with Gasteiger partial charge in [0.05, 0.1) is 6.42 Å². The Morgan fingerprint density at radius 3 is 2.57 bits per heavy atom. The molecule has 0 aromatic heterocycles. The zero-order valence-corrected chi connectivity index (χ0v) is 11.8. The maximum atomic E-state index is 11.8. The van der Waals surface area contributed by atoms with E-state index in [2.05, 4.69) is 17.2 Å². The average Bonchev–Trinajstić information content (AvgIpc) is 2.37. The summed E-state index contributed by atoms with van der Waals surface area (Å²) >= 11 is 0. The summed E-state index contributed by atoms with van der Waals surface area (Å²) in [5.74, 6) is 4.54. The van der Waals surface area contributed by atoms with Gasteiger partial charge < -0.3 is 10.4 Å². The summed E-state index contributed by atoms with van der Waals surface area (Å²) in [5, 5.41) is 11.7. The molecule has 1 amide bonds. The SMILES string of the molecule is O=C(O)C[C@H](Cc1ccccc1)NC(=O)C#CC1CCC1. The van der Waals surface area contributed by atoms with E-state index in [1.54, 1.807) is 0 Å². The van der Waals surface area contributed by atoms with Gasteiger partial charge in [0, 0.05) is 12.0 Å². The normalized spacial score (nSPS) is 15.2. The Morgan fingerprint density at radius 2 is 2.00 bits per heavy atom. The third kappa shape index (κ3) is 5.31. The van der Waals surface area contributed by atoms with Crippen LogP contribution in [0.1, 0.15) is 31.2 Å². The van der Waals surface area contributed by atoms with Crippen LogP contribution in [-0.4, -0.2) is 23.0 Å². The fraction of sp³-hybridized carbons (Fsp3) is 0.412. The molecule has 0 bridgehead atoms. The first kappa shape index (κ1) is 15.1. The average molecular weight is 285 g/mol. The van der Waals surface area contributed by atoms with Gasteiger partial charge in [0.15, 0.2) is 0 Å². The molecule has 1 aromatic carbocycles. The lowest BCUT2D eigenvalue weighted by molar-refractivity contribution is -0.137. The molecular weight excluding hydrogens is 266 g/mol. The van der Waals surface area contributed by atoms with Crippen LogP contribution in [0.4, 0.5) is 0 Å². The number of amides is 1. The predicted molar refractivity (Wildman–Crippen MR) is 79.4 cm³/mol. The molecule has 0 radical (unpaired) electrons. The van der Waals surface area contributed by atoms with E-state index in [0.717, 1.165) is 18.4 Å². The molecule has 1 aliphatic rings. The van der Waals surface area contributed by atoms with Gasteiger partial charge in [-0.05, 0) is 30.7 Å². The number of nitrogens with one attached hydrogen (secondary N) is 1. The Kier molecular flexibility index (Phi) is 5.39. The summed E-state index contributed by atoms with van der Waals surface area (Å²) < 4.78 is 0. The van der Waals surface area contributed by atoms with Crippen molar-refractivity contribution in [2.45, 2.75) is 38.1 Å². The minimum atomic E-state index is -0.928. The number of hydrogen-bond acceptors (Lipinski definition) is 2. The molecular formula is C17H19NO3. The second kappa shape index (κ2) is 7.49. The van der Waals surface area contributed by atoms with Gasteiger partial charge in [0.25, 0.3) is 5.91 Å². The van der Waals surface area contributed by atoms with Crippen LogP contribution in [0.2, 0.25) is 0 Å². The van der Waals surface area contributed by atoms with Crippen molar-refractivity contribution < 1.29 is 14.7 Å². The fourth-order valence-electron chi connectivity index (χ4n) is 2.23. The third-order valence-corrected chi connectivity index (χ3v) is 3.58. The van der Waals surface area contributed by atoms with Gasteiger partial charge in [-0.15, -0.1) is 0 Å². The Labute approximate surface area is 124 Å². The number of carboxylic acid groups (broad SMARTS) is 1. The van der Waals surface area contributed by atoms with Crippen molar-refractivity contribution in [3.8, 4) is 11.8 Å². The molecule has 21 heavy (non-hydrogen) atoms. The van der Waals surface area contributed by atoms with Crippen molar-refractivity contribution in [3.63, 3.8) is 0 Å². The van der Waals surface area contributed by atoms with Crippen LogP contribution in [0.3, 0.4) is 0 Å². The van der Waals surface area contributed by atoms with Crippen molar-refractivity contribution in [2.75, 3.05) is 0 Å². The van der Waals surface area contributed by atoms with Gasteiger partial charge in [0.1, 0.15) is 0 Å². The van der Waals surface area contributed by atoms with Crippen LogP contribution in [0.5, 0.6) is 0 Å². The topological polar surface area (TPSA) is 66.4 Å². The van der Waals surface area contributed by atoms with E-state index in [1.165, 1.54) is 6.42 Å². The van der Waals surface area contributed by atoms with E-state index >= 15 is 0 Å². The Balaban J connectivity index is 1.93. The molecule has 110 valence electrons. The lowest BCUT2D eigenvalue weighted by atomic mass is 9.86. The van der Waals surface area contributed by atoms with Gasteiger partial charge in [0.2, 0.25) is 0 Å². The molecule has 1 aromatic rings. The molecule has 2 N–H and O–H groups in total. The van der Waals surface area contributed by atoms with Crippen LogP contribution in [-0.2, 0) is 16.0 Å². The molecule has 0 heterocycles. The fourth-order valence-corrected chi connectivity index (χ4v) is 2.23. The molecule has 1 saturated carbocycles. The molecule has 1 aliphatic carbocycles. The molecule has 0 unspecified atom stereocenters. The van der Waals surface area contributed by atoms with Gasteiger partial charge >= 0.3 is 5.97 Å². The summed E-state index contributed by atoms with van der Waals surface area (Å²) in [7, 11) is 0. The lowest BCUT2D eigenvalue weighted by Gasteiger charge is -2.19. The Hall–Kier alpha value is -2.28. The molecule has 0 spiro atoms. The minimum Gasteiger partial charge on any atom is -0.481 e. The van der Waals surface area contributed by atoms with Crippen molar-refractivity contribution >= 4 is 11.9 Å². The third-order valence-electron chi connectivity index (χ3n) is 3.58. The van der Waals surface area contributed by atoms with Gasteiger partial charge in [-0.1, -0.05) is 42.7 Å². The summed E-state index contributed by atoms with van der Waals surface area (Å²) in [5.41, 5.74) is 0.996. The van der Waals surface area contributed by atoms with Crippen molar-refractivity contribution in [2.24, 2.45) is 5.92 Å². The first-order valence-electron chi connectivity index (χ1n) is 7.21. The highest BCUT2D eigenvalue weighted by Crippen LogP contribution is 2.24. The number of carboxylic acids is 1. The highest BCUT2D eigenvalue weighted by Gasteiger charge is 2.17. The summed E-state index contributed by atoms with van der Waals surface area (Å²) in [4.78, 5) is 22.7. The largest absolute Gasteiger partial charge is 0.481 e. The number of benzene rings is 1. The first-order valence-corrected chi connectivity index (χ1v) is 7.21. The molecule has 0 aliphatic heterocycles. The van der Waals surface area contributed by atoms with E-state index in [-0.39, 0.29) is 12.3 Å². The highest BCUT2D eigenvalue weighted by atomic mass is 16.4. The van der Waals surface area contributed by atoms with Gasteiger partial charge in [-0.2, -0.15) is 0 Å². The summed E-state index contributed by atoms with van der Waals surface area (Å²) in [6, 6.07) is 9.09. The maximum absolute atomic E-state index is 11.8. The van der Waals surface area contributed by atoms with E-state index < -0.39 is 12.0 Å². The standard InChI is InChI=1S/C17H19NO3/c19-16(10-9-13-7-4-8-13)18-15(12-17(20)21)11-14-5-2-1-3-6-14/h1-3,5-6,13,15H,4,7-8,11-12H2,(H,18,19)(H,20,21)/t15-/m0/s1. The Bertz CT molecular complexity index is 552. The van der Waals surface area contributed by atoms with Crippen LogP contribution in [0.15, 0.2) is 30.3 Å². The number of carbonyl (C=O) groups excluding carboxylic acids is 1. The van der Waals surface area contributed by atoms with Gasteiger partial charge in [-0.25, -0.2) is 0 Å². The van der Waals surface area contributed by atoms with Crippen LogP contribution < -0.4 is 5.32 Å². The quantitative estimate of drug-likeness (QED) is 0.813. The molecule has 1 atom stereocenters. The van der Waals surface area contributed by atoms with Crippen molar-refractivity contribution in [1.82, 2.24) is 5.32 Å². The smallest absolute Gasteiger partial charge is 0.305 e. The molecule has 4 heteroatoms. The zero-order chi connectivity index (χ0) is 15.1. The number of rotatable bonds is 5. The predicted octanol–water partition coefficient (Wildman–Crippen LogP) is 1.99. The van der Waals surface area contributed by atoms with E-state index in [1.807, 2.05) is 30.3 Å². The minimum absolute atomic E-state index is 0.105.